The number of aliphatic hydroxyl groups is 1. The summed E-state index contributed by atoms with van der Waals surface area (Å²) in [4.78, 5) is 4.43. The maximum absolute atomic E-state index is 13.1. The van der Waals surface area contributed by atoms with Crippen molar-refractivity contribution in [1.29, 1.82) is 0 Å². The molecule has 1 N–H and O–H groups in total. The van der Waals surface area contributed by atoms with Crippen molar-refractivity contribution < 1.29 is 9.50 Å². The van der Waals surface area contributed by atoms with Gasteiger partial charge in [-0.15, -0.1) is 0 Å². The number of fused-ring (bicyclic) bond motifs is 1. The molecule has 0 unspecified atom stereocenters. The Morgan fingerprint density at radius 3 is 2.62 bits per heavy atom. The molecule has 0 saturated heterocycles. The molecule has 0 aliphatic heterocycles. The van der Waals surface area contributed by atoms with Crippen LogP contribution < -0.4 is 0 Å². The topological polar surface area (TPSA) is 37.5 Å². The number of pyridine rings is 1. The fraction of sp³-hybridized carbons (Fsp3) is 0.417. The van der Waals surface area contributed by atoms with Gasteiger partial charge in [-0.25, -0.2) is 9.37 Å². The highest BCUT2D eigenvalue weighted by atomic mass is 19.1. The van der Waals surface area contributed by atoms with Gasteiger partial charge in [-0.2, -0.15) is 0 Å². The van der Waals surface area contributed by atoms with Crippen molar-refractivity contribution >= 4 is 5.65 Å². The van der Waals surface area contributed by atoms with Gasteiger partial charge in [-0.3, -0.25) is 4.40 Å². The molecule has 4 heteroatoms. The quantitative estimate of drug-likeness (QED) is 0.803. The maximum Gasteiger partial charge on any atom is 0.139 e. The van der Waals surface area contributed by atoms with Gasteiger partial charge in [0.2, 0.25) is 0 Å². The number of nitrogens with zero attached hydrogens (tertiary/aromatic N) is 2. The predicted molar refractivity (Wildman–Crippen MR) is 59.8 cm³/mol. The molecule has 0 radical (unpaired) electrons. The molecule has 86 valence electrons. The summed E-state index contributed by atoms with van der Waals surface area (Å²) in [6, 6.07) is 2.99. The van der Waals surface area contributed by atoms with E-state index in [2.05, 4.69) is 4.98 Å². The Hall–Kier alpha value is -1.42. The summed E-state index contributed by atoms with van der Waals surface area (Å²) in [7, 11) is 0. The highest BCUT2D eigenvalue weighted by Crippen LogP contribution is 2.26. The van der Waals surface area contributed by atoms with Crippen LogP contribution in [-0.2, 0) is 12.0 Å². The molecule has 0 aliphatic carbocycles. The second-order valence-electron chi connectivity index (χ2n) is 4.89. The molecule has 0 atom stereocenters. The zero-order chi connectivity index (χ0) is 11.9. The van der Waals surface area contributed by atoms with Gasteiger partial charge >= 0.3 is 0 Å². The van der Waals surface area contributed by atoms with Crippen LogP contribution in [0.2, 0.25) is 0 Å². The molecule has 2 aromatic heterocycles. The Kier molecular flexibility index (Phi) is 2.46. The molecule has 2 rings (SSSR count). The smallest absolute Gasteiger partial charge is 0.139 e. The predicted octanol–water partition coefficient (Wildman–Crippen LogP) is 2.26. The largest absolute Gasteiger partial charge is 0.390 e. The summed E-state index contributed by atoms with van der Waals surface area (Å²) < 4.78 is 14.7. The summed E-state index contributed by atoms with van der Waals surface area (Å²) in [6.45, 7) is 5.91. The van der Waals surface area contributed by atoms with Crippen molar-refractivity contribution in [3.8, 4) is 0 Å². The Bertz CT molecular complexity index is 526. The number of imidazole rings is 1. The average Bonchev–Trinajstić information content (AvgIpc) is 2.54. The van der Waals surface area contributed by atoms with Gasteiger partial charge in [0.05, 0.1) is 18.0 Å². The first-order valence-corrected chi connectivity index (χ1v) is 5.21. The minimum Gasteiger partial charge on any atom is -0.390 e. The van der Waals surface area contributed by atoms with Crippen LogP contribution in [0.15, 0.2) is 18.3 Å². The van der Waals surface area contributed by atoms with Gasteiger partial charge in [-0.05, 0) is 12.1 Å². The summed E-state index contributed by atoms with van der Waals surface area (Å²) >= 11 is 0. The second-order valence-corrected chi connectivity index (χ2v) is 4.89. The lowest BCUT2D eigenvalue weighted by Gasteiger charge is -2.16. The van der Waals surface area contributed by atoms with Crippen LogP contribution in [-0.4, -0.2) is 14.5 Å². The molecule has 3 nitrogen and oxygen atoms in total. The lowest BCUT2D eigenvalue weighted by atomic mass is 9.91. The van der Waals surface area contributed by atoms with E-state index in [9.17, 15) is 9.50 Å². The number of aliphatic hydroxyl groups excluding tert-OH is 1. The van der Waals surface area contributed by atoms with E-state index < -0.39 is 0 Å². The summed E-state index contributed by atoms with van der Waals surface area (Å²) in [5.41, 5.74) is 1.96. The molecule has 0 amide bonds. The van der Waals surface area contributed by atoms with Crippen molar-refractivity contribution in [1.82, 2.24) is 9.38 Å². The minimum absolute atomic E-state index is 0.142. The zero-order valence-corrected chi connectivity index (χ0v) is 9.66. The first kappa shape index (κ1) is 11.1. The monoisotopic (exact) mass is 222 g/mol. The average molecular weight is 222 g/mol. The van der Waals surface area contributed by atoms with E-state index in [0.717, 1.165) is 5.69 Å². The van der Waals surface area contributed by atoms with Crippen LogP contribution in [0.5, 0.6) is 0 Å². The lowest BCUT2D eigenvalue weighted by Crippen LogP contribution is -2.14. The highest BCUT2D eigenvalue weighted by molar-refractivity contribution is 5.44. The SMILES string of the molecule is CC(C)(C)c1nc2ccc(F)cn2c1CO. The molecule has 0 saturated carbocycles. The van der Waals surface area contributed by atoms with Crippen LogP contribution >= 0.6 is 0 Å². The van der Waals surface area contributed by atoms with E-state index in [1.54, 1.807) is 10.5 Å². The maximum atomic E-state index is 13.1. The number of rotatable bonds is 1. The fourth-order valence-corrected chi connectivity index (χ4v) is 1.82. The standard InChI is InChI=1S/C12H15FN2O/c1-12(2,3)11-9(7-16)15-6-8(13)4-5-10(15)14-11/h4-6,16H,7H2,1-3H3. The molecule has 2 heterocycles. The molecular formula is C12H15FN2O. The van der Waals surface area contributed by atoms with Crippen LogP contribution in [0.25, 0.3) is 5.65 Å². The van der Waals surface area contributed by atoms with E-state index in [1.165, 1.54) is 12.3 Å². The highest BCUT2D eigenvalue weighted by Gasteiger charge is 2.23. The Labute approximate surface area is 93.6 Å². The van der Waals surface area contributed by atoms with Crippen molar-refractivity contribution in [2.45, 2.75) is 32.8 Å². The van der Waals surface area contributed by atoms with Gasteiger partial charge in [0, 0.05) is 11.6 Å². The third-order valence-corrected chi connectivity index (χ3v) is 2.54. The summed E-state index contributed by atoms with van der Waals surface area (Å²) in [5, 5.41) is 9.38. The van der Waals surface area contributed by atoms with Crippen molar-refractivity contribution in [3.05, 3.63) is 35.5 Å². The molecule has 16 heavy (non-hydrogen) atoms. The van der Waals surface area contributed by atoms with Crippen LogP contribution in [0.4, 0.5) is 4.39 Å². The molecule has 0 aliphatic rings. The summed E-state index contributed by atoms with van der Waals surface area (Å²) in [5.74, 6) is -0.333. The molecular weight excluding hydrogens is 207 g/mol. The minimum atomic E-state index is -0.333. The van der Waals surface area contributed by atoms with Crippen LogP contribution in [0, 0.1) is 5.82 Å². The van der Waals surface area contributed by atoms with Gasteiger partial charge in [-0.1, -0.05) is 20.8 Å². The van der Waals surface area contributed by atoms with Crippen LogP contribution in [0.3, 0.4) is 0 Å². The van der Waals surface area contributed by atoms with E-state index in [4.69, 9.17) is 0 Å². The van der Waals surface area contributed by atoms with E-state index in [-0.39, 0.29) is 17.8 Å². The molecule has 0 fully saturated rings. The fourth-order valence-electron chi connectivity index (χ4n) is 1.82. The zero-order valence-electron chi connectivity index (χ0n) is 9.66. The number of hydrogen-bond acceptors (Lipinski definition) is 2. The van der Waals surface area contributed by atoms with Crippen molar-refractivity contribution in [2.24, 2.45) is 0 Å². The Morgan fingerprint density at radius 2 is 2.06 bits per heavy atom. The Balaban J connectivity index is 2.77. The van der Waals surface area contributed by atoms with Crippen molar-refractivity contribution in [2.75, 3.05) is 0 Å². The van der Waals surface area contributed by atoms with Gasteiger partial charge in [0.1, 0.15) is 11.5 Å². The molecule has 0 spiro atoms. The third-order valence-electron chi connectivity index (χ3n) is 2.54. The molecule has 0 bridgehead atoms. The first-order valence-electron chi connectivity index (χ1n) is 5.21. The van der Waals surface area contributed by atoms with E-state index >= 15 is 0 Å². The number of hydrogen-bond donors (Lipinski definition) is 1. The van der Waals surface area contributed by atoms with E-state index in [0.29, 0.717) is 11.3 Å². The van der Waals surface area contributed by atoms with Gasteiger partial charge < -0.3 is 5.11 Å². The lowest BCUT2D eigenvalue weighted by molar-refractivity contribution is 0.272. The number of halogens is 1. The van der Waals surface area contributed by atoms with Gasteiger partial charge in [0.15, 0.2) is 0 Å². The summed E-state index contributed by atoms with van der Waals surface area (Å²) in [6.07, 6.45) is 1.35. The third kappa shape index (κ3) is 1.69. The van der Waals surface area contributed by atoms with Crippen LogP contribution in [0.1, 0.15) is 32.2 Å². The Morgan fingerprint density at radius 1 is 1.38 bits per heavy atom. The second kappa shape index (κ2) is 3.56. The number of aromatic nitrogens is 2. The van der Waals surface area contributed by atoms with Crippen molar-refractivity contribution in [3.63, 3.8) is 0 Å². The first-order chi connectivity index (χ1) is 7.43. The molecule has 0 aromatic carbocycles. The molecule has 2 aromatic rings. The van der Waals surface area contributed by atoms with Gasteiger partial charge in [0.25, 0.3) is 0 Å². The van der Waals surface area contributed by atoms with E-state index in [1.807, 2.05) is 20.8 Å². The normalized spacial score (nSPS) is 12.3.